The van der Waals surface area contributed by atoms with Crippen LogP contribution in [0.3, 0.4) is 0 Å². The lowest BCUT2D eigenvalue weighted by atomic mass is 10.2. The normalized spacial score (nSPS) is 11.2. The Kier molecular flexibility index (Phi) is 3.69. The zero-order valence-electron chi connectivity index (χ0n) is 12.8. The van der Waals surface area contributed by atoms with E-state index in [-0.39, 0.29) is 0 Å². The fourth-order valence-corrected chi connectivity index (χ4v) is 2.75. The molecule has 0 amide bonds. The van der Waals surface area contributed by atoms with Crippen molar-refractivity contribution in [3.05, 3.63) is 47.9 Å². The zero-order valence-corrected chi connectivity index (χ0v) is 12.8. The highest BCUT2D eigenvalue weighted by Crippen LogP contribution is 2.23. The van der Waals surface area contributed by atoms with Crippen LogP contribution in [0.5, 0.6) is 5.75 Å². The maximum absolute atomic E-state index is 5.56. The lowest BCUT2D eigenvalue weighted by Gasteiger charge is -2.08. The molecule has 2 heterocycles. The second-order valence-corrected chi connectivity index (χ2v) is 5.19. The van der Waals surface area contributed by atoms with Crippen LogP contribution in [0.15, 0.2) is 36.5 Å². The summed E-state index contributed by atoms with van der Waals surface area (Å²) in [4.78, 5) is 0. The maximum atomic E-state index is 5.56. The molecule has 0 saturated heterocycles. The van der Waals surface area contributed by atoms with Gasteiger partial charge in [-0.2, -0.15) is 5.10 Å². The maximum Gasteiger partial charge on any atom is 0.120 e. The molecule has 0 aliphatic rings. The zero-order chi connectivity index (χ0) is 14.8. The highest BCUT2D eigenvalue weighted by Gasteiger charge is 2.08. The summed E-state index contributed by atoms with van der Waals surface area (Å²) in [6.45, 7) is 8.60. The third-order valence-electron chi connectivity index (χ3n) is 3.67. The molecule has 0 aliphatic heterocycles. The van der Waals surface area contributed by atoms with Gasteiger partial charge in [0.2, 0.25) is 0 Å². The van der Waals surface area contributed by atoms with Crippen LogP contribution in [0.2, 0.25) is 0 Å². The molecule has 4 heteroatoms. The molecule has 0 saturated carbocycles. The van der Waals surface area contributed by atoms with Crippen molar-refractivity contribution in [3.8, 4) is 5.75 Å². The lowest BCUT2D eigenvalue weighted by molar-refractivity contribution is 0.340. The molecular weight excluding hydrogens is 262 g/mol. The van der Waals surface area contributed by atoms with Gasteiger partial charge < -0.3 is 9.30 Å². The van der Waals surface area contributed by atoms with Crippen LogP contribution in [-0.4, -0.2) is 21.0 Å². The molecule has 21 heavy (non-hydrogen) atoms. The van der Waals surface area contributed by atoms with Crippen LogP contribution in [0.1, 0.15) is 25.2 Å². The first kappa shape index (κ1) is 13.7. The molecule has 110 valence electrons. The standard InChI is InChI=1S/C17H21N3O/c1-4-20-15(10-13(3)18-20)12-19-9-8-14-11-16(21-5-2)6-7-17(14)19/h6-11H,4-5,12H2,1-3H3. The molecule has 0 aliphatic carbocycles. The van der Waals surface area contributed by atoms with Gasteiger partial charge in [0.05, 0.1) is 24.5 Å². The Bertz CT molecular complexity index is 755. The quantitative estimate of drug-likeness (QED) is 0.716. The highest BCUT2D eigenvalue weighted by atomic mass is 16.5. The molecule has 2 aromatic heterocycles. The number of aromatic nitrogens is 3. The summed E-state index contributed by atoms with van der Waals surface area (Å²) in [7, 11) is 0. The van der Waals surface area contributed by atoms with E-state index in [0.29, 0.717) is 6.61 Å². The summed E-state index contributed by atoms with van der Waals surface area (Å²) < 4.78 is 9.88. The number of aryl methyl sites for hydroxylation is 2. The number of ether oxygens (including phenoxy) is 1. The van der Waals surface area contributed by atoms with Crippen LogP contribution in [0, 0.1) is 6.92 Å². The van der Waals surface area contributed by atoms with E-state index in [0.717, 1.165) is 24.5 Å². The molecule has 0 unspecified atom stereocenters. The van der Waals surface area contributed by atoms with Crippen molar-refractivity contribution in [2.75, 3.05) is 6.61 Å². The Labute approximate surface area is 124 Å². The second kappa shape index (κ2) is 5.64. The van der Waals surface area contributed by atoms with Crippen molar-refractivity contribution in [3.63, 3.8) is 0 Å². The van der Waals surface area contributed by atoms with Gasteiger partial charge in [0.1, 0.15) is 5.75 Å². The Morgan fingerprint density at radius 3 is 2.76 bits per heavy atom. The van der Waals surface area contributed by atoms with Crippen molar-refractivity contribution in [1.82, 2.24) is 14.3 Å². The molecular formula is C17H21N3O. The number of hydrogen-bond donors (Lipinski definition) is 0. The average molecular weight is 283 g/mol. The van der Waals surface area contributed by atoms with E-state index >= 15 is 0 Å². The fourth-order valence-electron chi connectivity index (χ4n) is 2.75. The lowest BCUT2D eigenvalue weighted by Crippen LogP contribution is -2.07. The predicted octanol–water partition coefficient (Wildman–Crippen LogP) is 3.61. The first-order valence-corrected chi connectivity index (χ1v) is 7.46. The minimum atomic E-state index is 0.696. The number of hydrogen-bond acceptors (Lipinski definition) is 2. The van der Waals surface area contributed by atoms with Crippen LogP contribution in [-0.2, 0) is 13.1 Å². The summed E-state index contributed by atoms with van der Waals surface area (Å²) >= 11 is 0. The Morgan fingerprint density at radius 1 is 1.14 bits per heavy atom. The van der Waals surface area contributed by atoms with Crippen molar-refractivity contribution in [2.24, 2.45) is 0 Å². The first-order valence-electron chi connectivity index (χ1n) is 7.46. The van der Waals surface area contributed by atoms with E-state index in [2.05, 4.69) is 51.7 Å². The Hall–Kier alpha value is -2.23. The molecule has 0 fully saturated rings. The van der Waals surface area contributed by atoms with Gasteiger partial charge >= 0.3 is 0 Å². The van der Waals surface area contributed by atoms with Crippen LogP contribution >= 0.6 is 0 Å². The number of rotatable bonds is 5. The van der Waals surface area contributed by atoms with Gasteiger partial charge in [0.25, 0.3) is 0 Å². The van der Waals surface area contributed by atoms with E-state index in [9.17, 15) is 0 Å². The molecule has 0 radical (unpaired) electrons. The monoisotopic (exact) mass is 283 g/mol. The molecule has 3 aromatic rings. The largest absolute Gasteiger partial charge is 0.494 e. The summed E-state index contributed by atoms with van der Waals surface area (Å²) in [5.74, 6) is 0.928. The molecule has 0 atom stereocenters. The Morgan fingerprint density at radius 2 is 2.00 bits per heavy atom. The van der Waals surface area contributed by atoms with E-state index in [1.165, 1.54) is 16.6 Å². The Balaban J connectivity index is 1.93. The second-order valence-electron chi connectivity index (χ2n) is 5.19. The van der Waals surface area contributed by atoms with Gasteiger partial charge in [0.15, 0.2) is 0 Å². The molecule has 0 N–H and O–H groups in total. The molecule has 0 spiro atoms. The van der Waals surface area contributed by atoms with Gasteiger partial charge in [-0.15, -0.1) is 0 Å². The van der Waals surface area contributed by atoms with Gasteiger partial charge in [-0.25, -0.2) is 0 Å². The topological polar surface area (TPSA) is 32.0 Å². The van der Waals surface area contributed by atoms with Crippen molar-refractivity contribution < 1.29 is 4.74 Å². The van der Waals surface area contributed by atoms with Gasteiger partial charge in [-0.1, -0.05) is 0 Å². The van der Waals surface area contributed by atoms with Crippen LogP contribution in [0.25, 0.3) is 10.9 Å². The molecule has 4 nitrogen and oxygen atoms in total. The number of fused-ring (bicyclic) bond motifs is 1. The van der Waals surface area contributed by atoms with Crippen LogP contribution in [0.4, 0.5) is 0 Å². The first-order chi connectivity index (χ1) is 10.2. The van der Waals surface area contributed by atoms with E-state index < -0.39 is 0 Å². The minimum absolute atomic E-state index is 0.696. The summed E-state index contributed by atoms with van der Waals surface area (Å²) in [5.41, 5.74) is 3.53. The van der Waals surface area contributed by atoms with Crippen molar-refractivity contribution in [1.29, 1.82) is 0 Å². The SMILES string of the molecule is CCOc1ccc2c(ccn2Cc2cc(C)nn2CC)c1. The highest BCUT2D eigenvalue weighted by molar-refractivity contribution is 5.81. The third kappa shape index (κ3) is 2.66. The summed E-state index contributed by atoms with van der Waals surface area (Å²) in [5, 5.41) is 5.72. The van der Waals surface area contributed by atoms with Gasteiger partial charge in [-0.05, 0) is 51.1 Å². The fraction of sp³-hybridized carbons (Fsp3) is 0.353. The number of benzene rings is 1. The average Bonchev–Trinajstić information content (AvgIpc) is 3.03. The van der Waals surface area contributed by atoms with Gasteiger partial charge in [0, 0.05) is 23.6 Å². The van der Waals surface area contributed by atoms with Gasteiger partial charge in [-0.3, -0.25) is 4.68 Å². The minimum Gasteiger partial charge on any atom is -0.494 e. The molecule has 0 bridgehead atoms. The third-order valence-corrected chi connectivity index (χ3v) is 3.67. The van der Waals surface area contributed by atoms with E-state index in [4.69, 9.17) is 4.74 Å². The van der Waals surface area contributed by atoms with E-state index in [1.54, 1.807) is 0 Å². The van der Waals surface area contributed by atoms with E-state index in [1.807, 2.05) is 19.9 Å². The van der Waals surface area contributed by atoms with Crippen molar-refractivity contribution in [2.45, 2.75) is 33.9 Å². The smallest absolute Gasteiger partial charge is 0.120 e. The van der Waals surface area contributed by atoms with Crippen LogP contribution < -0.4 is 4.74 Å². The molecule has 3 rings (SSSR count). The molecule has 1 aromatic carbocycles. The summed E-state index contributed by atoms with van der Waals surface area (Å²) in [6.07, 6.45) is 2.13. The summed E-state index contributed by atoms with van der Waals surface area (Å²) in [6, 6.07) is 10.5. The van der Waals surface area contributed by atoms with Crippen molar-refractivity contribution >= 4 is 10.9 Å². The number of nitrogens with zero attached hydrogens (tertiary/aromatic N) is 3. The predicted molar refractivity (Wildman–Crippen MR) is 84.8 cm³/mol.